The first-order valence-corrected chi connectivity index (χ1v) is 6.02. The monoisotopic (exact) mass is 280 g/mol. The zero-order chi connectivity index (χ0) is 14.0. The predicted molar refractivity (Wildman–Crippen MR) is 73.4 cm³/mol. The van der Waals surface area contributed by atoms with Gasteiger partial charge in [0.15, 0.2) is 0 Å². The average Bonchev–Trinajstić information content (AvgIpc) is 2.66. The fourth-order valence-electron chi connectivity index (χ4n) is 1.76. The summed E-state index contributed by atoms with van der Waals surface area (Å²) in [7, 11) is 1.84. The molecule has 0 saturated carbocycles. The normalized spacial score (nSPS) is 10.5. The van der Waals surface area contributed by atoms with Crippen LogP contribution in [0.4, 0.5) is 11.4 Å². The Balaban J connectivity index is 2.12. The van der Waals surface area contributed by atoms with E-state index < -0.39 is 4.92 Å². The van der Waals surface area contributed by atoms with Gasteiger partial charge in [-0.25, -0.2) is 0 Å². The largest absolute Gasteiger partial charge is 0.378 e. The first kappa shape index (κ1) is 13.4. The van der Waals surface area contributed by atoms with E-state index in [9.17, 15) is 10.1 Å². The molecule has 0 saturated heterocycles. The summed E-state index contributed by atoms with van der Waals surface area (Å²) in [6, 6.07) is 4.45. The van der Waals surface area contributed by atoms with E-state index in [2.05, 4.69) is 10.4 Å². The zero-order valence-electron chi connectivity index (χ0n) is 10.6. The number of nitro groups is 1. The fourth-order valence-corrected chi connectivity index (χ4v) is 2.00. The van der Waals surface area contributed by atoms with Crippen molar-refractivity contribution >= 4 is 23.0 Å². The predicted octanol–water partition coefficient (Wildman–Crippen LogP) is 2.90. The molecule has 0 spiro atoms. The molecule has 0 aliphatic heterocycles. The summed E-state index contributed by atoms with van der Waals surface area (Å²) < 4.78 is 1.72. The molecule has 0 fully saturated rings. The van der Waals surface area contributed by atoms with Gasteiger partial charge in [-0.15, -0.1) is 0 Å². The molecular formula is C12H13ClN4O2. The third-order valence-electron chi connectivity index (χ3n) is 2.73. The van der Waals surface area contributed by atoms with Crippen LogP contribution >= 0.6 is 11.6 Å². The van der Waals surface area contributed by atoms with Gasteiger partial charge in [0, 0.05) is 31.9 Å². The second kappa shape index (κ2) is 5.27. The molecule has 1 N–H and O–H groups in total. The molecule has 7 heteroatoms. The number of hydrogen-bond donors (Lipinski definition) is 1. The van der Waals surface area contributed by atoms with Gasteiger partial charge in [0.25, 0.3) is 5.69 Å². The third-order valence-corrected chi connectivity index (χ3v) is 3.08. The molecule has 0 unspecified atom stereocenters. The van der Waals surface area contributed by atoms with Crippen LogP contribution in [0.5, 0.6) is 0 Å². The van der Waals surface area contributed by atoms with Crippen LogP contribution in [0.1, 0.15) is 11.3 Å². The lowest BCUT2D eigenvalue weighted by Gasteiger charge is -2.06. The molecule has 0 bridgehead atoms. The maximum Gasteiger partial charge on any atom is 0.270 e. The minimum atomic E-state index is -0.464. The minimum absolute atomic E-state index is 0.00805. The van der Waals surface area contributed by atoms with Crippen molar-refractivity contribution in [3.05, 3.63) is 50.8 Å². The molecule has 0 radical (unpaired) electrons. The summed E-state index contributed by atoms with van der Waals surface area (Å²) in [6.07, 6.45) is 1.87. The lowest BCUT2D eigenvalue weighted by Crippen LogP contribution is -2.01. The van der Waals surface area contributed by atoms with Gasteiger partial charge >= 0.3 is 0 Å². The summed E-state index contributed by atoms with van der Waals surface area (Å²) in [4.78, 5) is 10.1. The lowest BCUT2D eigenvalue weighted by molar-refractivity contribution is -0.384. The molecule has 2 rings (SSSR count). The van der Waals surface area contributed by atoms with Gasteiger partial charge in [-0.1, -0.05) is 11.6 Å². The van der Waals surface area contributed by atoms with E-state index in [1.165, 1.54) is 12.1 Å². The first-order valence-electron chi connectivity index (χ1n) is 5.64. The van der Waals surface area contributed by atoms with Gasteiger partial charge in [-0.05, 0) is 18.6 Å². The van der Waals surface area contributed by atoms with Crippen molar-refractivity contribution in [3.8, 4) is 0 Å². The first-order chi connectivity index (χ1) is 8.97. The Kier molecular flexibility index (Phi) is 3.71. The number of aromatic nitrogens is 2. The molecular weight excluding hydrogens is 268 g/mol. The summed E-state index contributed by atoms with van der Waals surface area (Å²) in [5.74, 6) is 0. The second-order valence-corrected chi connectivity index (χ2v) is 4.60. The van der Waals surface area contributed by atoms with Crippen LogP contribution < -0.4 is 5.32 Å². The number of nitrogens with zero attached hydrogens (tertiary/aromatic N) is 3. The van der Waals surface area contributed by atoms with Crippen molar-refractivity contribution in [2.45, 2.75) is 13.5 Å². The smallest absolute Gasteiger partial charge is 0.270 e. The van der Waals surface area contributed by atoms with Gasteiger partial charge in [-0.2, -0.15) is 5.10 Å². The number of nitrogens with one attached hydrogen (secondary N) is 1. The molecule has 1 aromatic carbocycles. The van der Waals surface area contributed by atoms with Crippen LogP contribution in [0.15, 0.2) is 24.4 Å². The Morgan fingerprint density at radius 3 is 2.79 bits per heavy atom. The molecule has 6 nitrogen and oxygen atoms in total. The van der Waals surface area contributed by atoms with Crippen LogP contribution in [-0.2, 0) is 13.6 Å². The van der Waals surface area contributed by atoms with E-state index in [1.54, 1.807) is 10.7 Å². The Morgan fingerprint density at radius 2 is 2.26 bits per heavy atom. The Morgan fingerprint density at radius 1 is 1.53 bits per heavy atom. The number of benzene rings is 1. The van der Waals surface area contributed by atoms with E-state index >= 15 is 0 Å². The van der Waals surface area contributed by atoms with Crippen LogP contribution in [0, 0.1) is 17.0 Å². The number of anilines is 1. The highest BCUT2D eigenvalue weighted by molar-refractivity contribution is 6.31. The minimum Gasteiger partial charge on any atom is -0.378 e. The van der Waals surface area contributed by atoms with Crippen molar-refractivity contribution in [1.29, 1.82) is 0 Å². The number of rotatable bonds is 4. The maximum absolute atomic E-state index is 10.6. The number of nitro benzene ring substituents is 1. The average molecular weight is 281 g/mol. The van der Waals surface area contributed by atoms with Gasteiger partial charge in [-0.3, -0.25) is 14.8 Å². The lowest BCUT2D eigenvalue weighted by atomic mass is 10.2. The second-order valence-electron chi connectivity index (χ2n) is 4.19. The van der Waals surface area contributed by atoms with Crippen molar-refractivity contribution in [3.63, 3.8) is 0 Å². The summed E-state index contributed by atoms with van der Waals surface area (Å²) in [6.45, 7) is 2.39. The molecule has 2 aromatic rings. The summed E-state index contributed by atoms with van der Waals surface area (Å²) >= 11 is 6.02. The molecule has 1 heterocycles. The van der Waals surface area contributed by atoms with E-state index in [0.717, 1.165) is 16.9 Å². The van der Waals surface area contributed by atoms with Crippen molar-refractivity contribution < 1.29 is 4.92 Å². The number of hydrogen-bond acceptors (Lipinski definition) is 4. The van der Waals surface area contributed by atoms with Crippen LogP contribution in [0.3, 0.4) is 0 Å². The Labute approximate surface area is 115 Å². The fraction of sp³-hybridized carbons (Fsp3) is 0.250. The quantitative estimate of drug-likeness (QED) is 0.690. The van der Waals surface area contributed by atoms with E-state index in [1.807, 2.05) is 20.2 Å². The molecule has 1 aromatic heterocycles. The molecule has 19 heavy (non-hydrogen) atoms. The van der Waals surface area contributed by atoms with Gasteiger partial charge in [0.05, 0.1) is 21.3 Å². The number of aryl methyl sites for hydroxylation is 2. The molecule has 0 atom stereocenters. The number of non-ortho nitro benzene ring substituents is 1. The van der Waals surface area contributed by atoms with Crippen LogP contribution in [0.25, 0.3) is 0 Å². The van der Waals surface area contributed by atoms with Crippen LogP contribution in [-0.4, -0.2) is 14.7 Å². The molecule has 0 aliphatic rings. The standard InChI is InChI=1S/C12H13ClN4O2/c1-8-12(7-16(2)15-8)14-6-9-3-4-10(17(18)19)5-11(9)13/h3-5,7,14H,6H2,1-2H3. The SMILES string of the molecule is Cc1nn(C)cc1NCc1ccc([N+](=O)[O-])cc1Cl. The third kappa shape index (κ3) is 3.03. The topological polar surface area (TPSA) is 73.0 Å². The highest BCUT2D eigenvalue weighted by Gasteiger charge is 2.10. The maximum atomic E-state index is 10.6. The van der Waals surface area contributed by atoms with E-state index in [-0.39, 0.29) is 5.69 Å². The van der Waals surface area contributed by atoms with E-state index in [0.29, 0.717) is 11.6 Å². The van der Waals surface area contributed by atoms with Crippen molar-refractivity contribution in [2.24, 2.45) is 7.05 Å². The molecule has 0 amide bonds. The summed E-state index contributed by atoms with van der Waals surface area (Å²) in [5, 5.41) is 18.4. The molecule has 100 valence electrons. The van der Waals surface area contributed by atoms with Gasteiger partial charge in [0.2, 0.25) is 0 Å². The van der Waals surface area contributed by atoms with E-state index in [4.69, 9.17) is 11.6 Å². The zero-order valence-corrected chi connectivity index (χ0v) is 11.3. The Bertz CT molecular complexity index is 624. The van der Waals surface area contributed by atoms with Gasteiger partial charge in [0.1, 0.15) is 0 Å². The van der Waals surface area contributed by atoms with Crippen molar-refractivity contribution in [1.82, 2.24) is 9.78 Å². The van der Waals surface area contributed by atoms with Crippen molar-refractivity contribution in [2.75, 3.05) is 5.32 Å². The highest BCUT2D eigenvalue weighted by Crippen LogP contribution is 2.23. The number of halogens is 1. The summed E-state index contributed by atoms with van der Waals surface area (Å²) in [5.41, 5.74) is 2.60. The van der Waals surface area contributed by atoms with Crippen LogP contribution in [0.2, 0.25) is 5.02 Å². The Hall–Kier alpha value is -2.08. The molecule has 0 aliphatic carbocycles. The van der Waals surface area contributed by atoms with Gasteiger partial charge < -0.3 is 5.32 Å². The highest BCUT2D eigenvalue weighted by atomic mass is 35.5.